The van der Waals surface area contributed by atoms with Gasteiger partial charge in [0.05, 0.1) is 76.8 Å². The lowest BCUT2D eigenvalue weighted by Gasteiger charge is -2.23. The van der Waals surface area contributed by atoms with Gasteiger partial charge in [0.1, 0.15) is 11.9 Å². The molecule has 0 fully saturated rings. The second kappa shape index (κ2) is 64.2. The van der Waals surface area contributed by atoms with E-state index < -0.39 is 96.1 Å². The summed E-state index contributed by atoms with van der Waals surface area (Å²) >= 11 is 0. The normalized spacial score (nSPS) is 14.5. The van der Waals surface area contributed by atoms with Gasteiger partial charge in [0.2, 0.25) is 23.6 Å². The van der Waals surface area contributed by atoms with Crippen LogP contribution in [0.25, 0.3) is 0 Å². The predicted molar refractivity (Wildman–Crippen MR) is 373 cm³/mol. The molecule has 0 aromatic rings. The molecule has 8 N–H and O–H groups in total. The van der Waals surface area contributed by atoms with Crippen LogP contribution in [-0.4, -0.2) is 152 Å². The number of esters is 1. The number of hydrogen-bond acceptors (Lipinski definition) is 17. The van der Waals surface area contributed by atoms with Crippen LogP contribution in [0.4, 0.5) is 0 Å². The number of ether oxygens (including phenoxy) is 3. The average molecular weight is 1400 g/mol. The summed E-state index contributed by atoms with van der Waals surface area (Å²) in [6, 6.07) is -1.88. The fraction of sp³-hybridized carbons (Fsp3) is 0.886. The molecule has 0 aromatic carbocycles. The molecule has 25 heteroatoms. The number of carbonyl (C=O) groups is 6. The van der Waals surface area contributed by atoms with Gasteiger partial charge in [-0.15, -0.1) is 0 Å². The fourth-order valence-electron chi connectivity index (χ4n) is 10.3. The van der Waals surface area contributed by atoms with Gasteiger partial charge >= 0.3 is 21.6 Å². The third-order valence-electron chi connectivity index (χ3n) is 16.1. The number of ketones is 1. The SMILES string of the molecule is CCCCCC/C=C\CCCC(=O)O[C@H](CCCCCCC)CC(=O)NC(COCC[C@H](O)CCCCCCC)COP(=O)(O)OCCNC(=O)CCC(=O)NCCOP(=O)(O)OCC(COCC[C@H](O)CCCCCCC)NC(=O)CC(=O)CCCCCCCCCCC. The third-order valence-corrected chi connectivity index (χ3v) is 18.0. The van der Waals surface area contributed by atoms with E-state index in [9.17, 15) is 57.9 Å². The lowest BCUT2D eigenvalue weighted by Crippen LogP contribution is -2.43. The van der Waals surface area contributed by atoms with Gasteiger partial charge in [-0.2, -0.15) is 0 Å². The summed E-state index contributed by atoms with van der Waals surface area (Å²) in [5, 5.41) is 31.4. The molecule has 7 atom stereocenters. The van der Waals surface area contributed by atoms with Gasteiger partial charge in [-0.25, -0.2) is 9.13 Å². The molecule has 4 amide bonds. The number of aliphatic hydroxyl groups is 2. The molecule has 0 spiro atoms. The highest BCUT2D eigenvalue weighted by atomic mass is 31.2. The van der Waals surface area contributed by atoms with Crippen LogP contribution >= 0.6 is 15.6 Å². The van der Waals surface area contributed by atoms with Crippen molar-refractivity contribution in [3.8, 4) is 0 Å². The number of amides is 4. The third kappa shape index (κ3) is 62.8. The van der Waals surface area contributed by atoms with Gasteiger partial charge in [-0.3, -0.25) is 46.9 Å². The first-order valence-electron chi connectivity index (χ1n) is 37.0. The Balaban J connectivity index is 5.29. The summed E-state index contributed by atoms with van der Waals surface area (Å²) in [6.45, 7) is 8.41. The van der Waals surface area contributed by atoms with Crippen LogP contribution in [0, 0.1) is 0 Å². The molecule has 0 aliphatic carbocycles. The summed E-state index contributed by atoms with van der Waals surface area (Å²) in [7, 11) is -9.49. The molecule has 0 aromatic heterocycles. The van der Waals surface area contributed by atoms with E-state index in [1.165, 1.54) is 51.4 Å². The van der Waals surface area contributed by atoms with Gasteiger partial charge < -0.3 is 55.5 Å². The van der Waals surface area contributed by atoms with E-state index in [-0.39, 0.29) is 89.8 Å². The summed E-state index contributed by atoms with van der Waals surface area (Å²) in [6.07, 6.45) is 36.7. The lowest BCUT2D eigenvalue weighted by molar-refractivity contribution is -0.151. The molecule has 0 heterocycles. The van der Waals surface area contributed by atoms with Crippen LogP contribution in [0.5, 0.6) is 0 Å². The Morgan fingerprint density at radius 3 is 1.24 bits per heavy atom. The van der Waals surface area contributed by atoms with E-state index in [4.69, 9.17) is 32.3 Å². The number of aliphatic hydroxyl groups excluding tert-OH is 2. The zero-order chi connectivity index (χ0) is 70.3. The molecule has 0 saturated carbocycles. The summed E-state index contributed by atoms with van der Waals surface area (Å²) < 4.78 is 64.0. The van der Waals surface area contributed by atoms with Crippen LogP contribution in [0.1, 0.15) is 304 Å². The number of hydrogen-bond donors (Lipinski definition) is 8. The highest BCUT2D eigenvalue weighted by molar-refractivity contribution is 7.47. The van der Waals surface area contributed by atoms with E-state index in [1.54, 1.807) is 0 Å². The minimum atomic E-state index is -4.76. The fourth-order valence-corrected chi connectivity index (χ4v) is 11.9. The summed E-state index contributed by atoms with van der Waals surface area (Å²) in [5.74, 6) is -2.83. The molecular weight excluding hydrogens is 1260 g/mol. The molecule has 0 bridgehead atoms. The monoisotopic (exact) mass is 1400 g/mol. The topological polar surface area (TPSA) is 330 Å². The number of phosphoric acid groups is 2. The minimum absolute atomic E-state index is 0.132. The number of Topliss-reactive ketones (excluding diaryl/α,β-unsaturated/α-hetero) is 1. The zero-order valence-corrected chi connectivity index (χ0v) is 61.4. The Labute approximate surface area is 572 Å². The highest BCUT2D eigenvalue weighted by Crippen LogP contribution is 2.43. The molecule has 0 aliphatic heterocycles. The Hall–Kier alpha value is -3.18. The molecule has 0 aliphatic rings. The van der Waals surface area contributed by atoms with E-state index in [2.05, 4.69) is 68.0 Å². The molecule has 0 rings (SSSR count). The van der Waals surface area contributed by atoms with Crippen molar-refractivity contribution in [2.24, 2.45) is 0 Å². The number of phosphoric ester groups is 2. The van der Waals surface area contributed by atoms with Crippen molar-refractivity contribution < 1.29 is 90.2 Å². The van der Waals surface area contributed by atoms with Gasteiger partial charge in [0, 0.05) is 52.0 Å². The Bertz CT molecular complexity index is 2040. The van der Waals surface area contributed by atoms with Crippen molar-refractivity contribution in [1.82, 2.24) is 21.3 Å². The summed E-state index contributed by atoms with van der Waals surface area (Å²) in [4.78, 5) is 98.5. The molecular formula is C70H134N4O19P2. The molecule has 0 radical (unpaired) electrons. The van der Waals surface area contributed by atoms with Crippen molar-refractivity contribution in [3.63, 3.8) is 0 Å². The number of unbranched alkanes of at least 4 members (excludes halogenated alkanes) is 25. The smallest absolute Gasteiger partial charge is 0.462 e. The average Bonchev–Trinajstić information content (AvgIpc) is 1.40. The first kappa shape index (κ1) is 91.8. The van der Waals surface area contributed by atoms with E-state index in [1.807, 2.05) is 0 Å². The number of carbonyl (C=O) groups excluding carboxylic acids is 6. The van der Waals surface area contributed by atoms with Gasteiger partial charge in [0.15, 0.2) is 0 Å². The maximum Gasteiger partial charge on any atom is 0.472 e. The number of allylic oxidation sites excluding steroid dienone is 2. The largest absolute Gasteiger partial charge is 0.472 e. The zero-order valence-electron chi connectivity index (χ0n) is 59.6. The summed E-state index contributed by atoms with van der Waals surface area (Å²) in [5.41, 5.74) is 0. The van der Waals surface area contributed by atoms with Crippen LogP contribution in [0.3, 0.4) is 0 Å². The Morgan fingerprint density at radius 1 is 0.400 bits per heavy atom. The number of rotatable bonds is 71. The van der Waals surface area contributed by atoms with Crippen molar-refractivity contribution in [2.45, 2.75) is 335 Å². The first-order chi connectivity index (χ1) is 45.8. The van der Waals surface area contributed by atoms with Crippen molar-refractivity contribution in [2.75, 3.05) is 65.9 Å². The second-order valence-corrected chi connectivity index (χ2v) is 28.3. The van der Waals surface area contributed by atoms with Crippen LogP contribution in [0.2, 0.25) is 0 Å². The van der Waals surface area contributed by atoms with Crippen molar-refractivity contribution >= 4 is 51.0 Å². The maximum atomic E-state index is 13.6. The van der Waals surface area contributed by atoms with E-state index in [0.717, 1.165) is 135 Å². The predicted octanol–water partition coefficient (Wildman–Crippen LogP) is 13.7. The molecule has 23 nitrogen and oxygen atoms in total. The standard InChI is InChI=1S/C70H134N4O19P2/c1-6-11-16-21-23-25-27-32-36-41-64(77)54-68(80)73-60(56-87-50-46-62(75)39-34-29-18-13-8-3)58-91-94(83,84)89-52-48-71-66(78)44-45-67(79)72-49-53-90-95(85,86)92-59-61(57-88-51-47-63(76)40-35-30-19-14-9-4)74-69(81)55-65(42-37-31-20-15-10-5)93-70(82)43-38-33-28-26-24-22-17-12-7-2/h26,28,60-63,65,75-76H,6-25,27,29-59H2,1-5H3,(H,71,78)(H,72,79)(H,73,80)(H,74,81)(H,83,84)(H,85,86)/b28-26-/t60?,61?,62-,63-,65-/m1/s1. The minimum Gasteiger partial charge on any atom is -0.462 e. The van der Waals surface area contributed by atoms with Gasteiger partial charge in [-0.05, 0) is 70.6 Å². The molecule has 0 saturated heterocycles. The quantitative estimate of drug-likeness (QED) is 0.00922. The maximum absolute atomic E-state index is 13.6. The van der Waals surface area contributed by atoms with Crippen molar-refractivity contribution in [1.29, 1.82) is 0 Å². The number of nitrogens with one attached hydrogen (secondary N) is 4. The van der Waals surface area contributed by atoms with Crippen LogP contribution < -0.4 is 21.3 Å². The van der Waals surface area contributed by atoms with Crippen LogP contribution in [0.15, 0.2) is 12.2 Å². The first-order valence-corrected chi connectivity index (χ1v) is 40.0. The van der Waals surface area contributed by atoms with Gasteiger partial charge in [-0.1, -0.05) is 207 Å². The van der Waals surface area contributed by atoms with Crippen LogP contribution in [-0.2, 0) is 70.2 Å². The Kier molecular flexibility index (Phi) is 62.1. The van der Waals surface area contributed by atoms with Crippen molar-refractivity contribution in [3.05, 3.63) is 12.2 Å². The van der Waals surface area contributed by atoms with Gasteiger partial charge in [0.25, 0.3) is 0 Å². The lowest BCUT2D eigenvalue weighted by atomic mass is 10.0. The van der Waals surface area contributed by atoms with E-state index in [0.29, 0.717) is 44.9 Å². The molecule has 95 heavy (non-hydrogen) atoms. The highest BCUT2D eigenvalue weighted by Gasteiger charge is 2.28. The van der Waals surface area contributed by atoms with E-state index >= 15 is 0 Å². The molecule has 558 valence electrons. The Morgan fingerprint density at radius 2 is 0.789 bits per heavy atom. The second-order valence-electron chi connectivity index (χ2n) is 25.4. The molecule has 4 unspecified atom stereocenters.